The minimum absolute atomic E-state index is 0.227. The number of carboxylic acids is 1. The van der Waals surface area contributed by atoms with Crippen molar-refractivity contribution in [3.63, 3.8) is 0 Å². The third-order valence-corrected chi connectivity index (χ3v) is 4.34. The third-order valence-electron chi connectivity index (χ3n) is 2.79. The van der Waals surface area contributed by atoms with Crippen molar-refractivity contribution in [2.75, 3.05) is 13.2 Å². The van der Waals surface area contributed by atoms with Gasteiger partial charge in [-0.05, 0) is 31.0 Å². The number of hydrogen-bond acceptors (Lipinski definition) is 4. The first-order chi connectivity index (χ1) is 9.50. The Morgan fingerprint density at radius 3 is 2.33 bits per heavy atom. The molecule has 9 heteroatoms. The standard InChI is InChI=1S/C12H15F2NO5S/c1-7-3-8(2)10(4-9(7)11(17)18)21(19,20)15-5-12(13,14)6-16/h3-4,15-16H,5-6H2,1-2H3,(H,17,18). The molecule has 1 rings (SSSR count). The van der Waals surface area contributed by atoms with Gasteiger partial charge in [0.15, 0.2) is 0 Å². The molecule has 0 aliphatic heterocycles. The number of aryl methyl sites for hydroxylation is 2. The quantitative estimate of drug-likeness (QED) is 0.722. The van der Waals surface area contributed by atoms with Crippen molar-refractivity contribution >= 4 is 16.0 Å². The highest BCUT2D eigenvalue weighted by molar-refractivity contribution is 7.89. The van der Waals surface area contributed by atoms with Crippen molar-refractivity contribution < 1.29 is 32.2 Å². The number of hydrogen-bond donors (Lipinski definition) is 3. The van der Waals surface area contributed by atoms with Gasteiger partial charge in [0.25, 0.3) is 5.92 Å². The highest BCUT2D eigenvalue weighted by Crippen LogP contribution is 2.21. The van der Waals surface area contributed by atoms with Crippen LogP contribution in [-0.2, 0) is 10.0 Å². The van der Waals surface area contributed by atoms with Gasteiger partial charge in [0.2, 0.25) is 10.0 Å². The van der Waals surface area contributed by atoms with Crippen LogP contribution >= 0.6 is 0 Å². The average molecular weight is 323 g/mol. The van der Waals surface area contributed by atoms with Crippen LogP contribution in [0.1, 0.15) is 21.5 Å². The number of halogens is 2. The summed E-state index contributed by atoms with van der Waals surface area (Å²) < 4.78 is 51.4. The van der Waals surface area contributed by atoms with Crippen LogP contribution in [0.25, 0.3) is 0 Å². The fourth-order valence-corrected chi connectivity index (χ4v) is 3.00. The monoisotopic (exact) mass is 323 g/mol. The summed E-state index contributed by atoms with van der Waals surface area (Å²) in [6.07, 6.45) is 0. The largest absolute Gasteiger partial charge is 0.478 e. The number of alkyl halides is 2. The van der Waals surface area contributed by atoms with Crippen LogP contribution in [-0.4, -0.2) is 43.7 Å². The lowest BCUT2D eigenvalue weighted by Crippen LogP contribution is -2.39. The van der Waals surface area contributed by atoms with Gasteiger partial charge in [0.1, 0.15) is 6.61 Å². The van der Waals surface area contributed by atoms with E-state index in [1.165, 1.54) is 19.9 Å². The molecule has 0 aliphatic carbocycles. The summed E-state index contributed by atoms with van der Waals surface area (Å²) in [7, 11) is -4.31. The van der Waals surface area contributed by atoms with Gasteiger partial charge in [0, 0.05) is 0 Å². The Morgan fingerprint density at radius 2 is 1.86 bits per heavy atom. The molecule has 0 atom stereocenters. The first kappa shape index (κ1) is 17.5. The zero-order chi connectivity index (χ0) is 16.4. The molecule has 0 spiro atoms. The van der Waals surface area contributed by atoms with Gasteiger partial charge in [-0.2, -0.15) is 0 Å². The number of carbonyl (C=O) groups is 1. The minimum atomic E-state index is -4.31. The second-order valence-corrected chi connectivity index (χ2v) is 6.31. The van der Waals surface area contributed by atoms with Crippen LogP contribution in [0.2, 0.25) is 0 Å². The lowest BCUT2D eigenvalue weighted by Gasteiger charge is -2.16. The Labute approximate surface area is 120 Å². The van der Waals surface area contributed by atoms with Crippen LogP contribution in [0.5, 0.6) is 0 Å². The molecule has 21 heavy (non-hydrogen) atoms. The predicted molar refractivity (Wildman–Crippen MR) is 70.1 cm³/mol. The number of rotatable bonds is 6. The van der Waals surface area contributed by atoms with Crippen LogP contribution in [0.4, 0.5) is 8.78 Å². The SMILES string of the molecule is Cc1cc(C)c(S(=O)(=O)NCC(F)(F)CO)cc1C(=O)O. The number of nitrogens with one attached hydrogen (secondary N) is 1. The van der Waals surface area contributed by atoms with Crippen molar-refractivity contribution in [1.29, 1.82) is 0 Å². The van der Waals surface area contributed by atoms with Gasteiger partial charge < -0.3 is 10.2 Å². The summed E-state index contributed by atoms with van der Waals surface area (Å²) in [6, 6.07) is 2.27. The molecule has 0 unspecified atom stereocenters. The molecule has 0 saturated carbocycles. The van der Waals surface area contributed by atoms with Gasteiger partial charge in [0.05, 0.1) is 17.0 Å². The average Bonchev–Trinajstić information content (AvgIpc) is 2.36. The second-order valence-electron chi connectivity index (χ2n) is 4.58. The van der Waals surface area contributed by atoms with Crippen LogP contribution < -0.4 is 4.72 Å². The van der Waals surface area contributed by atoms with Gasteiger partial charge in [-0.15, -0.1) is 0 Å². The van der Waals surface area contributed by atoms with E-state index < -0.39 is 35.1 Å². The zero-order valence-corrected chi connectivity index (χ0v) is 12.2. The summed E-state index contributed by atoms with van der Waals surface area (Å²) in [5, 5.41) is 17.4. The molecule has 0 aliphatic rings. The number of aliphatic hydroxyl groups is 1. The van der Waals surface area contributed by atoms with Gasteiger partial charge in [-0.1, -0.05) is 6.07 Å². The predicted octanol–water partition coefficient (Wildman–Crippen LogP) is 0.908. The summed E-state index contributed by atoms with van der Waals surface area (Å²) in [4.78, 5) is 10.6. The number of aromatic carboxylic acids is 1. The van der Waals surface area contributed by atoms with E-state index in [4.69, 9.17) is 10.2 Å². The van der Waals surface area contributed by atoms with E-state index >= 15 is 0 Å². The van der Waals surface area contributed by atoms with Crippen molar-refractivity contribution in [3.8, 4) is 0 Å². The van der Waals surface area contributed by atoms with Crippen LogP contribution in [0.15, 0.2) is 17.0 Å². The number of benzene rings is 1. The summed E-state index contributed by atoms with van der Waals surface area (Å²) >= 11 is 0. The maximum absolute atomic E-state index is 12.9. The van der Waals surface area contributed by atoms with Crippen molar-refractivity contribution in [3.05, 3.63) is 28.8 Å². The van der Waals surface area contributed by atoms with E-state index in [1.807, 2.05) is 0 Å². The molecule has 0 heterocycles. The fraction of sp³-hybridized carbons (Fsp3) is 0.417. The molecular weight excluding hydrogens is 308 g/mol. The lowest BCUT2D eigenvalue weighted by molar-refractivity contribution is -0.0437. The molecule has 1 aromatic carbocycles. The summed E-state index contributed by atoms with van der Waals surface area (Å²) in [6.45, 7) is 0.155. The van der Waals surface area contributed by atoms with Crippen molar-refractivity contribution in [1.82, 2.24) is 4.72 Å². The van der Waals surface area contributed by atoms with E-state index in [1.54, 1.807) is 4.72 Å². The molecular formula is C12H15F2NO5S. The molecule has 118 valence electrons. The van der Waals surface area contributed by atoms with E-state index in [2.05, 4.69) is 0 Å². The lowest BCUT2D eigenvalue weighted by atomic mass is 10.1. The van der Waals surface area contributed by atoms with Crippen LogP contribution in [0, 0.1) is 13.8 Å². The second kappa shape index (κ2) is 6.04. The maximum Gasteiger partial charge on any atom is 0.335 e. The van der Waals surface area contributed by atoms with Gasteiger partial charge in [-0.3, -0.25) is 0 Å². The topological polar surface area (TPSA) is 104 Å². The third kappa shape index (κ3) is 4.19. The first-order valence-corrected chi connectivity index (χ1v) is 7.31. The molecule has 0 fully saturated rings. The molecule has 0 aromatic heterocycles. The van der Waals surface area contributed by atoms with E-state index in [0.29, 0.717) is 5.56 Å². The molecule has 0 bridgehead atoms. The smallest absolute Gasteiger partial charge is 0.335 e. The van der Waals surface area contributed by atoms with Gasteiger partial charge >= 0.3 is 5.97 Å². The van der Waals surface area contributed by atoms with Gasteiger partial charge in [-0.25, -0.2) is 26.7 Å². The molecule has 3 N–H and O–H groups in total. The number of aliphatic hydroxyl groups excluding tert-OH is 1. The van der Waals surface area contributed by atoms with Crippen LogP contribution in [0.3, 0.4) is 0 Å². The normalized spacial score (nSPS) is 12.4. The Balaban J connectivity index is 3.20. The molecule has 0 radical (unpaired) electrons. The van der Waals surface area contributed by atoms with E-state index in [-0.39, 0.29) is 16.0 Å². The maximum atomic E-state index is 12.9. The van der Waals surface area contributed by atoms with Crippen molar-refractivity contribution in [2.24, 2.45) is 0 Å². The highest BCUT2D eigenvalue weighted by atomic mass is 32.2. The molecule has 6 nitrogen and oxygen atoms in total. The Bertz CT molecular complexity index is 658. The Hall–Kier alpha value is -1.58. The fourth-order valence-electron chi connectivity index (χ4n) is 1.69. The number of sulfonamides is 1. The highest BCUT2D eigenvalue weighted by Gasteiger charge is 2.31. The summed E-state index contributed by atoms with van der Waals surface area (Å²) in [5.41, 5.74) is 0.367. The molecule has 1 aromatic rings. The first-order valence-electron chi connectivity index (χ1n) is 5.83. The van der Waals surface area contributed by atoms with E-state index in [9.17, 15) is 22.0 Å². The Morgan fingerprint density at radius 1 is 1.29 bits per heavy atom. The molecule has 0 amide bonds. The van der Waals surface area contributed by atoms with Crippen molar-refractivity contribution in [2.45, 2.75) is 24.7 Å². The number of carboxylic acid groups (broad SMARTS) is 1. The van der Waals surface area contributed by atoms with E-state index in [0.717, 1.165) is 6.07 Å². The molecule has 0 saturated heterocycles. The Kier molecular flexibility index (Phi) is 5.03. The summed E-state index contributed by atoms with van der Waals surface area (Å²) in [5.74, 6) is -4.91. The minimum Gasteiger partial charge on any atom is -0.478 e. The zero-order valence-electron chi connectivity index (χ0n) is 11.4.